The lowest BCUT2D eigenvalue weighted by Gasteiger charge is -2.15. The minimum atomic E-state index is -0.581. The molecule has 3 rings (SSSR count). The molecule has 29 heavy (non-hydrogen) atoms. The Morgan fingerprint density at radius 2 is 1.86 bits per heavy atom. The molecule has 9 heteroatoms. The van der Waals surface area contributed by atoms with Crippen LogP contribution in [-0.2, 0) is 7.05 Å². The molecule has 0 saturated heterocycles. The second kappa shape index (κ2) is 11.1. The summed E-state index contributed by atoms with van der Waals surface area (Å²) in [5.41, 5.74) is 1.54. The lowest BCUT2D eigenvalue weighted by Crippen LogP contribution is -2.35. The molecule has 0 aliphatic heterocycles. The fourth-order valence-electron chi connectivity index (χ4n) is 2.68. The number of nitrogens with one attached hydrogen (secondary N) is 1. The highest BCUT2D eigenvalue weighted by Crippen LogP contribution is 2.21. The van der Waals surface area contributed by atoms with Crippen LogP contribution in [0.4, 0.5) is 0 Å². The normalized spacial score (nSPS) is 11.6. The molecule has 1 aromatic carbocycles. The zero-order chi connectivity index (χ0) is 19.4. The summed E-state index contributed by atoms with van der Waals surface area (Å²) in [6.07, 6.45) is 1.00. The van der Waals surface area contributed by atoms with Gasteiger partial charge in [0.15, 0.2) is 5.52 Å². The molecule has 0 radical (unpaired) electrons. The Morgan fingerprint density at radius 3 is 2.52 bits per heavy atom. The zero-order valence-electron chi connectivity index (χ0n) is 16.5. The van der Waals surface area contributed by atoms with Crippen LogP contribution < -0.4 is 15.6 Å². The average Bonchev–Trinajstić information content (AvgIpc) is 2.68. The third kappa shape index (κ3) is 6.14. The van der Waals surface area contributed by atoms with Crippen LogP contribution in [-0.4, -0.2) is 44.9 Å². The van der Waals surface area contributed by atoms with E-state index in [2.05, 4.69) is 15.3 Å². The first-order valence-electron chi connectivity index (χ1n) is 8.92. The smallest absolute Gasteiger partial charge is 0.280 e. The standard InChI is InChI=1S/C20H24N4O3.2ClH/c1-13(2)22-11-15(25)12-27-16-8-6-14(7-9-16)19-23-17-5-4-10-21-18(17)20(26)24(19)3;;/h4-10,13,15,22,25H,11-12H2,1-3H3;2*1H. The number of nitrogens with zero attached hydrogens (tertiary/aromatic N) is 3. The van der Waals surface area contributed by atoms with Gasteiger partial charge in [0.2, 0.25) is 0 Å². The van der Waals surface area contributed by atoms with E-state index in [1.807, 2.05) is 26.0 Å². The third-order valence-corrected chi connectivity index (χ3v) is 4.15. The number of aliphatic hydroxyl groups is 1. The number of ether oxygens (including phenoxy) is 1. The van der Waals surface area contributed by atoms with E-state index in [-0.39, 0.29) is 37.0 Å². The molecule has 0 saturated carbocycles. The molecule has 2 aromatic heterocycles. The molecule has 0 fully saturated rings. The molecule has 0 spiro atoms. The van der Waals surface area contributed by atoms with Crippen molar-refractivity contribution in [3.05, 3.63) is 52.9 Å². The summed E-state index contributed by atoms with van der Waals surface area (Å²) in [7, 11) is 1.68. The van der Waals surface area contributed by atoms with Gasteiger partial charge in [0.05, 0.1) is 5.52 Å². The second-order valence-electron chi connectivity index (χ2n) is 6.72. The van der Waals surface area contributed by atoms with Crippen LogP contribution in [0.25, 0.3) is 22.4 Å². The van der Waals surface area contributed by atoms with Crippen molar-refractivity contribution in [2.45, 2.75) is 26.0 Å². The zero-order valence-corrected chi connectivity index (χ0v) is 18.2. The molecule has 0 aliphatic carbocycles. The van der Waals surface area contributed by atoms with Crippen LogP contribution in [0.5, 0.6) is 5.75 Å². The molecule has 158 valence electrons. The number of hydrogen-bond donors (Lipinski definition) is 2. The molecule has 1 unspecified atom stereocenters. The van der Waals surface area contributed by atoms with Gasteiger partial charge >= 0.3 is 0 Å². The van der Waals surface area contributed by atoms with E-state index in [0.717, 1.165) is 5.56 Å². The van der Waals surface area contributed by atoms with E-state index >= 15 is 0 Å². The lowest BCUT2D eigenvalue weighted by atomic mass is 10.2. The van der Waals surface area contributed by atoms with Gasteiger partial charge in [-0.25, -0.2) is 9.97 Å². The topological polar surface area (TPSA) is 89.3 Å². The summed E-state index contributed by atoms with van der Waals surface area (Å²) in [4.78, 5) is 21.2. The van der Waals surface area contributed by atoms with Gasteiger partial charge in [0.1, 0.15) is 24.3 Å². The Hall–Kier alpha value is -2.19. The van der Waals surface area contributed by atoms with Gasteiger partial charge in [-0.15, -0.1) is 24.8 Å². The second-order valence-corrected chi connectivity index (χ2v) is 6.72. The molecule has 1 atom stereocenters. The largest absolute Gasteiger partial charge is 0.491 e. The van der Waals surface area contributed by atoms with Crippen LogP contribution in [0.3, 0.4) is 0 Å². The maximum absolute atomic E-state index is 12.5. The summed E-state index contributed by atoms with van der Waals surface area (Å²) < 4.78 is 7.12. The van der Waals surface area contributed by atoms with Gasteiger partial charge in [0, 0.05) is 31.4 Å². The summed E-state index contributed by atoms with van der Waals surface area (Å²) in [6.45, 7) is 4.73. The number of aliphatic hydroxyl groups excluding tert-OH is 1. The fraction of sp³-hybridized carbons (Fsp3) is 0.350. The Labute approximate surface area is 182 Å². The number of fused-ring (bicyclic) bond motifs is 1. The van der Waals surface area contributed by atoms with Crippen LogP contribution in [0.1, 0.15) is 13.8 Å². The molecule has 0 amide bonds. The number of aromatic nitrogens is 3. The Morgan fingerprint density at radius 1 is 1.17 bits per heavy atom. The number of hydrogen-bond acceptors (Lipinski definition) is 6. The first kappa shape index (κ1) is 24.8. The number of benzene rings is 1. The van der Waals surface area contributed by atoms with Crippen molar-refractivity contribution in [1.82, 2.24) is 19.9 Å². The summed E-state index contributed by atoms with van der Waals surface area (Å²) >= 11 is 0. The van der Waals surface area contributed by atoms with Gasteiger partial charge in [-0.2, -0.15) is 0 Å². The predicted octanol–water partition coefficient (Wildman–Crippen LogP) is 2.58. The number of rotatable bonds is 7. The van der Waals surface area contributed by atoms with Crippen molar-refractivity contribution in [1.29, 1.82) is 0 Å². The van der Waals surface area contributed by atoms with Gasteiger partial charge in [-0.3, -0.25) is 9.36 Å². The van der Waals surface area contributed by atoms with Crippen molar-refractivity contribution < 1.29 is 9.84 Å². The minimum absolute atomic E-state index is 0. The van der Waals surface area contributed by atoms with Gasteiger partial charge in [-0.05, 0) is 36.4 Å². The summed E-state index contributed by atoms with van der Waals surface area (Å²) in [5.74, 6) is 1.21. The van der Waals surface area contributed by atoms with Gasteiger partial charge < -0.3 is 15.2 Å². The van der Waals surface area contributed by atoms with E-state index in [0.29, 0.717) is 35.2 Å². The van der Waals surface area contributed by atoms with Crippen LogP contribution in [0.2, 0.25) is 0 Å². The molecule has 2 N–H and O–H groups in total. The van der Waals surface area contributed by atoms with Crippen molar-refractivity contribution in [3.63, 3.8) is 0 Å². The summed E-state index contributed by atoms with van der Waals surface area (Å²) in [5, 5.41) is 13.1. The van der Waals surface area contributed by atoms with Gasteiger partial charge in [-0.1, -0.05) is 13.8 Å². The predicted molar refractivity (Wildman–Crippen MR) is 119 cm³/mol. The van der Waals surface area contributed by atoms with Crippen LogP contribution in [0.15, 0.2) is 47.4 Å². The van der Waals surface area contributed by atoms with Crippen molar-refractivity contribution in [2.75, 3.05) is 13.2 Å². The van der Waals surface area contributed by atoms with E-state index in [1.54, 1.807) is 37.5 Å². The number of halogens is 2. The lowest BCUT2D eigenvalue weighted by molar-refractivity contribution is 0.104. The fourth-order valence-corrected chi connectivity index (χ4v) is 2.68. The SMILES string of the molecule is CC(C)NCC(O)COc1ccc(-c2nc3cccnc3c(=O)n2C)cc1.Cl.Cl. The molecule has 0 aliphatic rings. The van der Waals surface area contributed by atoms with Crippen molar-refractivity contribution >= 4 is 35.8 Å². The average molecular weight is 441 g/mol. The molecule has 0 bridgehead atoms. The van der Waals surface area contributed by atoms with Crippen molar-refractivity contribution in [3.8, 4) is 17.1 Å². The molecule has 3 aromatic rings. The van der Waals surface area contributed by atoms with E-state index in [1.165, 1.54) is 4.57 Å². The monoisotopic (exact) mass is 440 g/mol. The first-order valence-corrected chi connectivity index (χ1v) is 8.92. The maximum Gasteiger partial charge on any atom is 0.280 e. The quantitative estimate of drug-likeness (QED) is 0.586. The van der Waals surface area contributed by atoms with Crippen molar-refractivity contribution in [2.24, 2.45) is 7.05 Å². The molecule has 2 heterocycles. The van der Waals surface area contributed by atoms with Gasteiger partial charge in [0.25, 0.3) is 5.56 Å². The maximum atomic E-state index is 12.5. The van der Waals surface area contributed by atoms with E-state index in [9.17, 15) is 9.90 Å². The Balaban J connectivity index is 0.00000210. The summed E-state index contributed by atoms with van der Waals surface area (Å²) in [6, 6.07) is 11.1. The van der Waals surface area contributed by atoms with E-state index in [4.69, 9.17) is 4.74 Å². The van der Waals surface area contributed by atoms with Crippen LogP contribution >= 0.6 is 24.8 Å². The van der Waals surface area contributed by atoms with E-state index < -0.39 is 6.10 Å². The first-order chi connectivity index (χ1) is 13.0. The highest BCUT2D eigenvalue weighted by atomic mass is 35.5. The highest BCUT2D eigenvalue weighted by Gasteiger charge is 2.11. The minimum Gasteiger partial charge on any atom is -0.491 e. The highest BCUT2D eigenvalue weighted by molar-refractivity contribution is 5.85. The third-order valence-electron chi connectivity index (χ3n) is 4.15. The molecule has 7 nitrogen and oxygen atoms in total. The number of pyridine rings is 1. The Bertz CT molecular complexity index is 978. The van der Waals surface area contributed by atoms with Crippen LogP contribution in [0, 0.1) is 0 Å². The Kier molecular flexibility index (Phi) is 9.52. The molecular formula is C20H26Cl2N4O3. The molecular weight excluding hydrogens is 415 g/mol.